The Labute approximate surface area is 172 Å². The van der Waals surface area contributed by atoms with Gasteiger partial charge in [-0.05, 0) is 36.8 Å². The van der Waals surface area contributed by atoms with Gasteiger partial charge in [0.15, 0.2) is 29.1 Å². The summed E-state index contributed by atoms with van der Waals surface area (Å²) in [5.74, 6) is 1.40. The van der Waals surface area contributed by atoms with Crippen molar-refractivity contribution in [1.29, 1.82) is 0 Å². The van der Waals surface area contributed by atoms with Crippen LogP contribution in [0.2, 0.25) is 0 Å². The van der Waals surface area contributed by atoms with Crippen molar-refractivity contribution in [2.45, 2.75) is 19.6 Å². The summed E-state index contributed by atoms with van der Waals surface area (Å²) in [5.41, 5.74) is 1.04. The monoisotopic (exact) mass is 415 g/mol. The van der Waals surface area contributed by atoms with Crippen molar-refractivity contribution in [3.63, 3.8) is 0 Å². The molecular formula is C21H21NO8. The van der Waals surface area contributed by atoms with E-state index in [1.807, 2.05) is 6.07 Å². The first-order valence-corrected chi connectivity index (χ1v) is 9.40. The maximum absolute atomic E-state index is 12.5. The van der Waals surface area contributed by atoms with Crippen LogP contribution in [0.3, 0.4) is 0 Å². The van der Waals surface area contributed by atoms with Crippen LogP contribution in [0, 0.1) is 0 Å². The zero-order valence-corrected chi connectivity index (χ0v) is 16.6. The van der Waals surface area contributed by atoms with E-state index in [2.05, 4.69) is 5.32 Å². The predicted molar refractivity (Wildman–Crippen MR) is 103 cm³/mol. The lowest BCUT2D eigenvalue weighted by Gasteiger charge is -2.21. The van der Waals surface area contributed by atoms with Gasteiger partial charge in [0.1, 0.15) is 13.2 Å². The molecule has 4 rings (SSSR count). The van der Waals surface area contributed by atoms with Gasteiger partial charge in [-0.3, -0.25) is 4.79 Å². The minimum absolute atomic E-state index is 0.183. The maximum Gasteiger partial charge on any atom is 0.339 e. The maximum atomic E-state index is 12.5. The number of methoxy groups -OCH3 is 1. The zero-order valence-electron chi connectivity index (χ0n) is 16.6. The van der Waals surface area contributed by atoms with E-state index in [9.17, 15) is 9.59 Å². The molecule has 1 amide bonds. The van der Waals surface area contributed by atoms with Crippen molar-refractivity contribution in [3.8, 4) is 28.7 Å². The third kappa shape index (κ3) is 4.05. The molecule has 0 saturated heterocycles. The summed E-state index contributed by atoms with van der Waals surface area (Å²) < 4.78 is 32.2. The number of nitrogens with one attached hydrogen (secondary N) is 1. The SMILES string of the molecule is COc1cc(C(=O)O[C@@H](C)C(=O)NCc2ccc3c(c2)OCO3)cc2c1OCCO2. The van der Waals surface area contributed by atoms with Crippen LogP contribution in [-0.2, 0) is 16.1 Å². The number of carbonyl (C=O) groups excluding carboxylic acids is 2. The summed E-state index contributed by atoms with van der Waals surface area (Å²) in [5, 5.41) is 2.74. The van der Waals surface area contributed by atoms with Crippen molar-refractivity contribution < 1.29 is 38.0 Å². The Hall–Kier alpha value is -3.62. The summed E-state index contributed by atoms with van der Waals surface area (Å²) >= 11 is 0. The molecule has 0 aromatic heterocycles. The molecule has 0 aliphatic carbocycles. The number of fused-ring (bicyclic) bond motifs is 2. The third-order valence-electron chi connectivity index (χ3n) is 4.62. The second-order valence-electron chi connectivity index (χ2n) is 6.66. The number of rotatable bonds is 6. The van der Waals surface area contributed by atoms with Gasteiger partial charge < -0.3 is 33.7 Å². The van der Waals surface area contributed by atoms with Crippen molar-refractivity contribution in [1.82, 2.24) is 5.32 Å². The van der Waals surface area contributed by atoms with Crippen molar-refractivity contribution >= 4 is 11.9 Å². The molecule has 1 atom stereocenters. The molecular weight excluding hydrogens is 394 g/mol. The molecule has 2 aliphatic heterocycles. The second kappa shape index (κ2) is 8.40. The fraction of sp³-hybridized carbons (Fsp3) is 0.333. The van der Waals surface area contributed by atoms with Gasteiger partial charge in [0.2, 0.25) is 12.5 Å². The molecule has 2 aliphatic rings. The van der Waals surface area contributed by atoms with Gasteiger partial charge in [-0.25, -0.2) is 4.79 Å². The van der Waals surface area contributed by atoms with Crippen LogP contribution < -0.4 is 29.0 Å². The van der Waals surface area contributed by atoms with Crippen molar-refractivity contribution in [3.05, 3.63) is 41.5 Å². The van der Waals surface area contributed by atoms with Crippen LogP contribution in [0.4, 0.5) is 0 Å². The Bertz CT molecular complexity index is 956. The number of hydrogen-bond acceptors (Lipinski definition) is 8. The molecule has 9 nitrogen and oxygen atoms in total. The third-order valence-corrected chi connectivity index (χ3v) is 4.62. The molecule has 0 unspecified atom stereocenters. The van der Waals surface area contributed by atoms with E-state index < -0.39 is 18.0 Å². The summed E-state index contributed by atoms with van der Waals surface area (Å²) in [6, 6.07) is 8.40. The van der Waals surface area contributed by atoms with Gasteiger partial charge >= 0.3 is 5.97 Å². The molecule has 1 N–H and O–H groups in total. The van der Waals surface area contributed by atoms with E-state index >= 15 is 0 Å². The minimum Gasteiger partial charge on any atom is -0.493 e. The van der Waals surface area contributed by atoms with Gasteiger partial charge in [0.05, 0.1) is 12.7 Å². The second-order valence-corrected chi connectivity index (χ2v) is 6.66. The quantitative estimate of drug-likeness (QED) is 0.716. The minimum atomic E-state index is -0.995. The molecule has 9 heteroatoms. The standard InChI is InChI=1S/C21H21NO8/c1-12(20(23)22-10-13-3-4-15-16(7-13)29-11-28-15)30-21(24)14-8-17(25-2)19-18(9-14)26-5-6-27-19/h3-4,7-9,12H,5-6,10-11H2,1-2H3,(H,22,23)/t12-/m0/s1. The Morgan fingerprint density at radius 2 is 1.83 bits per heavy atom. The first-order chi connectivity index (χ1) is 14.5. The molecule has 0 bridgehead atoms. The molecule has 0 fully saturated rings. The molecule has 2 aromatic carbocycles. The Morgan fingerprint density at radius 3 is 2.67 bits per heavy atom. The highest BCUT2D eigenvalue weighted by atomic mass is 16.7. The lowest BCUT2D eigenvalue weighted by Crippen LogP contribution is -2.35. The largest absolute Gasteiger partial charge is 0.493 e. The highest BCUT2D eigenvalue weighted by molar-refractivity contribution is 5.93. The Morgan fingerprint density at radius 1 is 1.03 bits per heavy atom. The molecule has 158 valence electrons. The number of amides is 1. The molecule has 30 heavy (non-hydrogen) atoms. The zero-order chi connectivity index (χ0) is 21.1. The summed E-state index contributed by atoms with van der Waals surface area (Å²) in [4.78, 5) is 24.9. The number of benzene rings is 2. The number of hydrogen-bond donors (Lipinski definition) is 1. The van der Waals surface area contributed by atoms with Crippen LogP contribution in [0.25, 0.3) is 0 Å². The van der Waals surface area contributed by atoms with E-state index in [4.69, 9.17) is 28.4 Å². The number of esters is 1. The summed E-state index contributed by atoms with van der Waals surface area (Å²) in [7, 11) is 1.47. The average Bonchev–Trinajstić information content (AvgIpc) is 3.24. The molecule has 2 heterocycles. The van der Waals surface area contributed by atoms with E-state index in [-0.39, 0.29) is 18.9 Å². The van der Waals surface area contributed by atoms with Gasteiger partial charge in [-0.1, -0.05) is 6.07 Å². The van der Waals surface area contributed by atoms with Crippen LogP contribution in [0.15, 0.2) is 30.3 Å². The van der Waals surface area contributed by atoms with Gasteiger partial charge in [0.25, 0.3) is 5.91 Å². The molecule has 0 radical (unpaired) electrons. The first-order valence-electron chi connectivity index (χ1n) is 9.40. The van der Waals surface area contributed by atoms with E-state index in [1.165, 1.54) is 26.2 Å². The van der Waals surface area contributed by atoms with Crippen LogP contribution in [0.1, 0.15) is 22.8 Å². The fourth-order valence-electron chi connectivity index (χ4n) is 3.06. The topological polar surface area (TPSA) is 102 Å². The lowest BCUT2D eigenvalue weighted by atomic mass is 10.1. The lowest BCUT2D eigenvalue weighted by molar-refractivity contribution is -0.129. The Kier molecular flexibility index (Phi) is 5.51. The normalized spacial score (nSPS) is 14.6. The number of ether oxygens (including phenoxy) is 6. The Balaban J connectivity index is 1.36. The first kappa shape index (κ1) is 19.7. The van der Waals surface area contributed by atoms with E-state index in [0.29, 0.717) is 42.0 Å². The summed E-state index contributed by atoms with van der Waals surface area (Å²) in [6.45, 7) is 2.71. The average molecular weight is 415 g/mol. The van der Waals surface area contributed by atoms with E-state index in [0.717, 1.165) is 5.56 Å². The van der Waals surface area contributed by atoms with Gasteiger partial charge in [0, 0.05) is 6.54 Å². The fourth-order valence-corrected chi connectivity index (χ4v) is 3.06. The van der Waals surface area contributed by atoms with Crippen LogP contribution in [-0.4, -0.2) is 45.1 Å². The number of carbonyl (C=O) groups is 2. The van der Waals surface area contributed by atoms with Crippen molar-refractivity contribution in [2.24, 2.45) is 0 Å². The summed E-state index contributed by atoms with van der Waals surface area (Å²) in [6.07, 6.45) is -0.995. The predicted octanol–water partition coefficient (Wildman–Crippen LogP) is 2.06. The van der Waals surface area contributed by atoms with Crippen LogP contribution in [0.5, 0.6) is 28.7 Å². The van der Waals surface area contributed by atoms with E-state index in [1.54, 1.807) is 12.1 Å². The van der Waals surface area contributed by atoms with Gasteiger partial charge in [-0.15, -0.1) is 0 Å². The van der Waals surface area contributed by atoms with Crippen molar-refractivity contribution in [2.75, 3.05) is 27.1 Å². The molecule has 0 spiro atoms. The highest BCUT2D eigenvalue weighted by Crippen LogP contribution is 2.40. The molecule has 0 saturated carbocycles. The van der Waals surface area contributed by atoms with Gasteiger partial charge in [-0.2, -0.15) is 0 Å². The van der Waals surface area contributed by atoms with Crippen LogP contribution >= 0.6 is 0 Å². The molecule has 2 aromatic rings. The smallest absolute Gasteiger partial charge is 0.339 e. The highest BCUT2D eigenvalue weighted by Gasteiger charge is 2.24.